The van der Waals surface area contributed by atoms with Crippen molar-refractivity contribution < 1.29 is 0 Å². The van der Waals surface area contributed by atoms with Gasteiger partial charge in [0.15, 0.2) is 6.17 Å². The molecule has 5 heteroatoms. The zero-order valence-corrected chi connectivity index (χ0v) is 30.2. The van der Waals surface area contributed by atoms with Crippen LogP contribution in [0, 0.1) is 0 Å². The molecule has 1 aromatic heterocycles. The van der Waals surface area contributed by atoms with Crippen LogP contribution in [0.15, 0.2) is 189 Å². The quantitative estimate of drug-likeness (QED) is 0.198. The number of hydrogen-bond donors (Lipinski definition) is 1. The minimum absolute atomic E-state index is 0.306. The maximum absolute atomic E-state index is 5.05. The number of nitrogens with one attached hydrogen (secondary N) is 1. The van der Waals surface area contributed by atoms with Gasteiger partial charge < -0.3 is 5.32 Å². The van der Waals surface area contributed by atoms with Gasteiger partial charge in [-0.15, -0.1) is 0 Å². The second kappa shape index (κ2) is 12.4. The van der Waals surface area contributed by atoms with Gasteiger partial charge in [-0.3, -0.25) is 4.98 Å². The zero-order valence-electron chi connectivity index (χ0n) is 29.4. The molecule has 4 aliphatic rings. The lowest BCUT2D eigenvalue weighted by Crippen LogP contribution is -2.32. The average molecular weight is 711 g/mol. The van der Waals surface area contributed by atoms with E-state index in [0.29, 0.717) is 0 Å². The van der Waals surface area contributed by atoms with Crippen molar-refractivity contribution in [2.75, 3.05) is 0 Å². The van der Waals surface area contributed by atoms with E-state index in [1.165, 1.54) is 54.3 Å². The zero-order chi connectivity index (χ0) is 35.6. The lowest BCUT2D eigenvalue weighted by molar-refractivity contribution is 0.723. The topological polar surface area (TPSA) is 49.6 Å². The summed E-state index contributed by atoms with van der Waals surface area (Å²) in [5, 5.41) is 4.42. The van der Waals surface area contributed by atoms with E-state index in [1.54, 1.807) is 6.34 Å². The molecule has 54 heavy (non-hydrogen) atoms. The molecular formula is C49H34N4S. The number of allylic oxidation sites excluding steroid dienone is 2. The number of pyridine rings is 1. The molecule has 0 saturated carbocycles. The van der Waals surface area contributed by atoms with E-state index in [0.717, 1.165) is 51.8 Å². The second-order valence-electron chi connectivity index (χ2n) is 14.3. The minimum Gasteiger partial charge on any atom is -0.331 e. The Morgan fingerprint density at radius 1 is 0.611 bits per heavy atom. The summed E-state index contributed by atoms with van der Waals surface area (Å²) in [6, 6.07) is 51.6. The Labute approximate surface area is 318 Å². The Morgan fingerprint density at radius 2 is 1.31 bits per heavy atom. The van der Waals surface area contributed by atoms with Gasteiger partial charge in [0.1, 0.15) is 5.84 Å². The molecule has 0 fully saturated rings. The molecule has 256 valence electrons. The molecule has 4 nitrogen and oxygen atoms in total. The lowest BCUT2D eigenvalue weighted by atomic mass is 9.66. The molecule has 3 heterocycles. The normalized spacial score (nSPS) is 17.2. The number of rotatable bonds is 4. The summed E-state index contributed by atoms with van der Waals surface area (Å²) >= 11 is 1.87. The first-order chi connectivity index (χ1) is 26.8. The molecule has 11 rings (SSSR count). The van der Waals surface area contributed by atoms with Crippen LogP contribution in [0.4, 0.5) is 0 Å². The standard InChI is InChI=1S/C49H34N4S/c1-2-11-32(12-3-1)47-51-30-52-48(53-47)36-15-8-14-33(27-36)34-22-24-44-42(28-34)49(40-20-6-4-17-38(40)39-18-5-7-21-41(39)49)43-29-35(23-25-45(43)54-44)37-19-9-13-31-16-10-26-50-46(31)37/h2,4-30,48H,1,3H2,(H,51,52,53). The molecule has 1 N–H and O–H groups in total. The van der Waals surface area contributed by atoms with E-state index in [4.69, 9.17) is 15.0 Å². The number of hydrogen-bond acceptors (Lipinski definition) is 5. The van der Waals surface area contributed by atoms with Crippen molar-refractivity contribution in [3.8, 4) is 33.4 Å². The first-order valence-corrected chi connectivity index (χ1v) is 19.4. The maximum Gasteiger partial charge on any atom is 0.169 e. The summed E-state index contributed by atoms with van der Waals surface area (Å²) in [4.78, 5) is 17.2. The first-order valence-electron chi connectivity index (χ1n) is 18.6. The van der Waals surface area contributed by atoms with Gasteiger partial charge in [-0.2, -0.15) is 0 Å². The number of fused-ring (bicyclic) bond motifs is 10. The summed E-state index contributed by atoms with van der Waals surface area (Å²) in [6.45, 7) is 0. The third kappa shape index (κ3) is 4.75. The highest BCUT2D eigenvalue weighted by atomic mass is 32.2. The number of nitrogens with zero attached hydrogens (tertiary/aromatic N) is 3. The molecule has 0 bridgehead atoms. The predicted molar refractivity (Wildman–Crippen MR) is 222 cm³/mol. The van der Waals surface area contributed by atoms with Gasteiger partial charge in [-0.1, -0.05) is 133 Å². The molecule has 1 atom stereocenters. The number of amidine groups is 1. The van der Waals surface area contributed by atoms with E-state index in [-0.39, 0.29) is 6.17 Å². The van der Waals surface area contributed by atoms with Crippen LogP contribution >= 0.6 is 11.8 Å². The van der Waals surface area contributed by atoms with Crippen molar-refractivity contribution in [1.82, 2.24) is 10.3 Å². The molecule has 0 radical (unpaired) electrons. The van der Waals surface area contributed by atoms with Crippen LogP contribution in [0.5, 0.6) is 0 Å². The molecular weight excluding hydrogens is 677 g/mol. The first kappa shape index (κ1) is 31.2. The highest BCUT2D eigenvalue weighted by Crippen LogP contribution is 2.62. The van der Waals surface area contributed by atoms with Crippen LogP contribution in [0.1, 0.15) is 46.8 Å². The summed E-state index contributed by atoms with van der Waals surface area (Å²) in [5.41, 5.74) is 15.2. The van der Waals surface area contributed by atoms with E-state index in [2.05, 4.69) is 157 Å². The SMILES string of the molecule is C1=CC(C2=NC(c3cccc(-c4ccc5c(c4)C4(c6cc(-c7cccc8cccnc78)ccc6S5)c5ccccc5-c5ccccc54)c3)N=CN2)=CCC1. The van der Waals surface area contributed by atoms with Gasteiger partial charge in [0.25, 0.3) is 0 Å². The van der Waals surface area contributed by atoms with E-state index < -0.39 is 5.41 Å². The smallest absolute Gasteiger partial charge is 0.169 e. The van der Waals surface area contributed by atoms with Gasteiger partial charge in [-0.25, -0.2) is 9.98 Å². The van der Waals surface area contributed by atoms with Crippen molar-refractivity contribution in [2.24, 2.45) is 9.98 Å². The molecule has 6 aromatic carbocycles. The fraction of sp³-hybridized carbons (Fsp3) is 0.0816. The second-order valence-corrected chi connectivity index (χ2v) is 15.4. The van der Waals surface area contributed by atoms with Crippen LogP contribution in [0.3, 0.4) is 0 Å². The Hall–Kier alpha value is -6.30. The Balaban J connectivity index is 1.10. The Kier molecular flexibility index (Phi) is 7.17. The van der Waals surface area contributed by atoms with Crippen LogP contribution < -0.4 is 5.32 Å². The van der Waals surface area contributed by atoms with E-state index >= 15 is 0 Å². The average Bonchev–Trinajstić information content (AvgIpc) is 3.54. The third-order valence-electron chi connectivity index (χ3n) is 11.3. The van der Waals surface area contributed by atoms with Gasteiger partial charge in [-0.05, 0) is 105 Å². The minimum atomic E-state index is -0.509. The van der Waals surface area contributed by atoms with Gasteiger partial charge >= 0.3 is 0 Å². The van der Waals surface area contributed by atoms with Crippen LogP contribution in [-0.2, 0) is 5.41 Å². The summed E-state index contributed by atoms with van der Waals surface area (Å²) in [7, 11) is 0. The molecule has 0 saturated heterocycles. The molecule has 7 aromatic rings. The monoisotopic (exact) mass is 710 g/mol. The predicted octanol–water partition coefficient (Wildman–Crippen LogP) is 11.7. The third-order valence-corrected chi connectivity index (χ3v) is 12.5. The van der Waals surface area contributed by atoms with Crippen molar-refractivity contribution in [3.05, 3.63) is 197 Å². The molecule has 1 spiro atoms. The van der Waals surface area contributed by atoms with Gasteiger partial charge in [0.05, 0.1) is 17.3 Å². The lowest BCUT2D eigenvalue weighted by Gasteiger charge is -2.40. The van der Waals surface area contributed by atoms with Crippen LogP contribution in [0.25, 0.3) is 44.3 Å². The van der Waals surface area contributed by atoms with Gasteiger partial charge in [0.2, 0.25) is 0 Å². The largest absolute Gasteiger partial charge is 0.331 e. The van der Waals surface area contributed by atoms with E-state index in [9.17, 15) is 0 Å². The summed E-state index contributed by atoms with van der Waals surface area (Å²) < 4.78 is 0. The molecule has 0 amide bonds. The molecule has 1 unspecified atom stereocenters. The molecule has 2 aliphatic carbocycles. The summed E-state index contributed by atoms with van der Waals surface area (Å²) in [5.74, 6) is 0.875. The highest BCUT2D eigenvalue weighted by molar-refractivity contribution is 7.99. The Morgan fingerprint density at radius 3 is 2.11 bits per heavy atom. The van der Waals surface area contributed by atoms with Crippen molar-refractivity contribution in [1.29, 1.82) is 0 Å². The fourth-order valence-electron chi connectivity index (χ4n) is 8.94. The van der Waals surface area contributed by atoms with Gasteiger partial charge in [0, 0.05) is 32.5 Å². The highest BCUT2D eigenvalue weighted by Gasteiger charge is 2.50. The summed E-state index contributed by atoms with van der Waals surface area (Å²) in [6.07, 6.45) is 12.1. The number of aliphatic imine (C=N–C) groups is 2. The molecule has 2 aliphatic heterocycles. The number of benzene rings is 6. The van der Waals surface area contributed by atoms with Crippen molar-refractivity contribution >= 4 is 34.8 Å². The fourth-order valence-corrected chi connectivity index (χ4v) is 10.1. The Bertz CT molecular complexity index is 2760. The van der Waals surface area contributed by atoms with Crippen molar-refractivity contribution in [2.45, 2.75) is 34.2 Å². The maximum atomic E-state index is 5.05. The van der Waals surface area contributed by atoms with E-state index in [1.807, 2.05) is 24.0 Å². The number of aromatic nitrogens is 1. The van der Waals surface area contributed by atoms with Crippen LogP contribution in [-0.4, -0.2) is 17.2 Å². The van der Waals surface area contributed by atoms with Crippen molar-refractivity contribution in [3.63, 3.8) is 0 Å². The number of para-hydroxylation sites is 1. The van der Waals surface area contributed by atoms with Crippen LogP contribution in [0.2, 0.25) is 0 Å².